The number of anilines is 1. The van der Waals surface area contributed by atoms with E-state index in [1.807, 2.05) is 47.2 Å². The summed E-state index contributed by atoms with van der Waals surface area (Å²) in [5.74, 6) is 1.08. The number of hydrogen-bond donors (Lipinski definition) is 1. The molecule has 7 heteroatoms. The molecule has 1 saturated heterocycles. The molecular formula is C16H21N5O2. The van der Waals surface area contributed by atoms with Crippen LogP contribution in [-0.2, 0) is 17.9 Å². The van der Waals surface area contributed by atoms with Gasteiger partial charge in [0, 0.05) is 12.2 Å². The van der Waals surface area contributed by atoms with Crippen LogP contribution in [0.2, 0.25) is 0 Å². The lowest BCUT2D eigenvalue weighted by Crippen LogP contribution is -2.51. The molecular weight excluding hydrogens is 294 g/mol. The first-order chi connectivity index (χ1) is 11.2. The molecule has 1 aliphatic heterocycles. The Labute approximate surface area is 135 Å². The van der Waals surface area contributed by atoms with Crippen molar-refractivity contribution in [2.24, 2.45) is 5.73 Å². The van der Waals surface area contributed by atoms with Gasteiger partial charge in [-0.3, -0.25) is 9.69 Å². The lowest BCUT2D eigenvalue weighted by atomic mass is 10.0. The zero-order valence-corrected chi connectivity index (χ0v) is 13.2. The molecule has 3 rings (SSSR count). The Morgan fingerprint density at radius 2 is 2.17 bits per heavy atom. The van der Waals surface area contributed by atoms with Crippen molar-refractivity contribution in [1.29, 1.82) is 0 Å². The number of para-hydroxylation sites is 1. The van der Waals surface area contributed by atoms with Gasteiger partial charge in [0.05, 0.1) is 19.1 Å². The van der Waals surface area contributed by atoms with E-state index in [4.69, 9.17) is 10.3 Å². The molecule has 2 aromatic rings. The number of carbonyl (C=O) groups is 1. The van der Waals surface area contributed by atoms with Crippen molar-refractivity contribution < 1.29 is 9.32 Å². The molecule has 122 valence electrons. The monoisotopic (exact) mass is 315 g/mol. The normalized spacial score (nSPS) is 18.7. The molecule has 1 fully saturated rings. The molecule has 0 bridgehead atoms. The van der Waals surface area contributed by atoms with Gasteiger partial charge in [0.1, 0.15) is 0 Å². The fraction of sp³-hybridized carbons (Fsp3) is 0.438. The molecule has 0 saturated carbocycles. The van der Waals surface area contributed by atoms with Gasteiger partial charge in [-0.1, -0.05) is 23.4 Å². The van der Waals surface area contributed by atoms with Crippen LogP contribution in [0.25, 0.3) is 0 Å². The van der Waals surface area contributed by atoms with Crippen molar-refractivity contribution in [2.75, 3.05) is 18.5 Å². The first-order valence-electron chi connectivity index (χ1n) is 7.77. The number of hydrogen-bond acceptors (Lipinski definition) is 6. The minimum atomic E-state index is -0.177. The molecule has 7 nitrogen and oxygen atoms in total. The lowest BCUT2D eigenvalue weighted by Gasteiger charge is -2.36. The van der Waals surface area contributed by atoms with E-state index in [-0.39, 0.29) is 18.5 Å². The van der Waals surface area contributed by atoms with Gasteiger partial charge in [0.15, 0.2) is 5.82 Å². The Balaban J connectivity index is 1.70. The Hall–Kier alpha value is -2.25. The highest BCUT2D eigenvalue weighted by Crippen LogP contribution is 2.23. The summed E-state index contributed by atoms with van der Waals surface area (Å²) in [6, 6.07) is 9.60. The highest BCUT2D eigenvalue weighted by molar-refractivity contribution is 5.97. The summed E-state index contributed by atoms with van der Waals surface area (Å²) in [7, 11) is 1.91. The van der Waals surface area contributed by atoms with E-state index in [1.54, 1.807) is 0 Å². The van der Waals surface area contributed by atoms with Gasteiger partial charge >= 0.3 is 0 Å². The summed E-state index contributed by atoms with van der Waals surface area (Å²) in [4.78, 5) is 20.8. The standard InChI is InChI=1S/C16H21N5O2/c1-20(11-14-18-15(10-17)23-19-14)13-8-5-9-21(16(13)22)12-6-3-2-4-7-12/h2-4,6-7,13H,5,8-11,17H2,1H3. The van der Waals surface area contributed by atoms with Crippen LogP contribution in [0.3, 0.4) is 0 Å². The van der Waals surface area contributed by atoms with Gasteiger partial charge < -0.3 is 15.2 Å². The summed E-state index contributed by atoms with van der Waals surface area (Å²) in [5, 5.41) is 3.89. The van der Waals surface area contributed by atoms with Gasteiger partial charge in [0.25, 0.3) is 0 Å². The van der Waals surface area contributed by atoms with Crippen molar-refractivity contribution in [3.8, 4) is 0 Å². The molecule has 0 aliphatic carbocycles. The van der Waals surface area contributed by atoms with E-state index in [0.29, 0.717) is 18.3 Å². The fourth-order valence-electron chi connectivity index (χ4n) is 2.90. The van der Waals surface area contributed by atoms with Crippen LogP contribution in [0.1, 0.15) is 24.6 Å². The third-order valence-electron chi connectivity index (χ3n) is 4.09. The van der Waals surface area contributed by atoms with E-state index in [1.165, 1.54) is 0 Å². The Kier molecular flexibility index (Phi) is 4.68. The van der Waals surface area contributed by atoms with E-state index >= 15 is 0 Å². The number of nitrogens with two attached hydrogens (primary N) is 1. The maximum Gasteiger partial charge on any atom is 0.244 e. The number of amides is 1. The highest BCUT2D eigenvalue weighted by Gasteiger charge is 2.32. The van der Waals surface area contributed by atoms with Crippen molar-refractivity contribution in [3.05, 3.63) is 42.0 Å². The molecule has 1 aliphatic rings. The maximum atomic E-state index is 12.8. The smallest absolute Gasteiger partial charge is 0.244 e. The highest BCUT2D eigenvalue weighted by atomic mass is 16.5. The average Bonchev–Trinajstić information content (AvgIpc) is 3.03. The molecule has 1 aromatic carbocycles. The van der Waals surface area contributed by atoms with Crippen LogP contribution in [0.4, 0.5) is 5.69 Å². The zero-order chi connectivity index (χ0) is 16.2. The summed E-state index contributed by atoms with van der Waals surface area (Å²) < 4.78 is 5.01. The number of nitrogens with zero attached hydrogens (tertiary/aromatic N) is 4. The number of benzene rings is 1. The SMILES string of the molecule is CN(Cc1noc(CN)n1)C1CCCN(c2ccccc2)C1=O. The first kappa shape index (κ1) is 15.6. The molecule has 2 N–H and O–H groups in total. The van der Waals surface area contributed by atoms with Crippen LogP contribution >= 0.6 is 0 Å². The van der Waals surface area contributed by atoms with Crippen LogP contribution in [-0.4, -0.2) is 40.6 Å². The minimum absolute atomic E-state index is 0.118. The van der Waals surface area contributed by atoms with Gasteiger partial charge in [-0.2, -0.15) is 4.98 Å². The average molecular weight is 315 g/mol. The summed E-state index contributed by atoms with van der Waals surface area (Å²) in [6.07, 6.45) is 1.80. The van der Waals surface area contributed by atoms with Crippen molar-refractivity contribution >= 4 is 11.6 Å². The first-order valence-corrected chi connectivity index (χ1v) is 7.77. The quantitative estimate of drug-likeness (QED) is 0.890. The largest absolute Gasteiger partial charge is 0.338 e. The van der Waals surface area contributed by atoms with Crippen LogP contribution in [0, 0.1) is 0 Å². The number of rotatable bonds is 5. The molecule has 0 spiro atoms. The van der Waals surface area contributed by atoms with Crippen LogP contribution < -0.4 is 10.6 Å². The van der Waals surface area contributed by atoms with Crippen molar-refractivity contribution in [3.63, 3.8) is 0 Å². The summed E-state index contributed by atoms with van der Waals surface area (Å²) >= 11 is 0. The van der Waals surface area contributed by atoms with Gasteiger partial charge in [-0.05, 0) is 32.0 Å². The van der Waals surface area contributed by atoms with Crippen LogP contribution in [0.15, 0.2) is 34.9 Å². The fourth-order valence-corrected chi connectivity index (χ4v) is 2.90. The van der Waals surface area contributed by atoms with Gasteiger partial charge in [0.2, 0.25) is 11.8 Å². The van der Waals surface area contributed by atoms with Crippen molar-refractivity contribution in [1.82, 2.24) is 15.0 Å². The molecule has 1 aromatic heterocycles. The molecule has 0 radical (unpaired) electrons. The summed E-state index contributed by atoms with van der Waals surface area (Å²) in [5.41, 5.74) is 6.42. The second-order valence-corrected chi connectivity index (χ2v) is 5.71. The zero-order valence-electron chi connectivity index (χ0n) is 13.2. The molecule has 23 heavy (non-hydrogen) atoms. The number of aromatic nitrogens is 2. The second-order valence-electron chi connectivity index (χ2n) is 5.71. The number of carbonyl (C=O) groups excluding carboxylic acids is 1. The predicted molar refractivity (Wildman–Crippen MR) is 85.5 cm³/mol. The third-order valence-corrected chi connectivity index (χ3v) is 4.09. The van der Waals surface area contributed by atoms with E-state index in [9.17, 15) is 4.79 Å². The van der Waals surface area contributed by atoms with Crippen molar-refractivity contribution in [2.45, 2.75) is 32.0 Å². The van der Waals surface area contributed by atoms with E-state index in [0.717, 1.165) is 25.1 Å². The van der Waals surface area contributed by atoms with E-state index < -0.39 is 0 Å². The minimum Gasteiger partial charge on any atom is -0.338 e. The maximum absolute atomic E-state index is 12.8. The molecule has 1 atom stereocenters. The van der Waals surface area contributed by atoms with Crippen LogP contribution in [0.5, 0.6) is 0 Å². The van der Waals surface area contributed by atoms with Gasteiger partial charge in [-0.25, -0.2) is 0 Å². The predicted octanol–water partition coefficient (Wildman–Crippen LogP) is 1.16. The molecule has 1 amide bonds. The lowest BCUT2D eigenvalue weighted by molar-refractivity contribution is -0.125. The topological polar surface area (TPSA) is 88.5 Å². The number of piperidine rings is 1. The Morgan fingerprint density at radius 3 is 2.87 bits per heavy atom. The summed E-state index contributed by atoms with van der Waals surface area (Å²) in [6.45, 7) is 1.44. The third kappa shape index (κ3) is 3.40. The second kappa shape index (κ2) is 6.89. The van der Waals surface area contributed by atoms with E-state index in [2.05, 4.69) is 10.1 Å². The Bertz CT molecular complexity index is 658. The number of likely N-dealkylation sites (N-methyl/N-ethyl adjacent to an activating group) is 1. The Morgan fingerprint density at radius 1 is 1.39 bits per heavy atom. The van der Waals surface area contributed by atoms with Gasteiger partial charge in [-0.15, -0.1) is 0 Å². The molecule has 2 heterocycles. The molecule has 1 unspecified atom stereocenters.